The molecule has 0 saturated heterocycles. The number of aromatic hydroxyl groups is 1. The molecule has 4 nitrogen and oxygen atoms in total. The van der Waals surface area contributed by atoms with Crippen molar-refractivity contribution < 1.29 is 20.1 Å². The SMILES string of the molecule is O=C(O)C1(C(O)c2cccc(O)c2)CCC1. The Hall–Kier alpha value is -1.55. The van der Waals surface area contributed by atoms with Crippen molar-refractivity contribution in [1.29, 1.82) is 0 Å². The van der Waals surface area contributed by atoms with E-state index in [1.165, 1.54) is 12.1 Å². The first-order valence-corrected chi connectivity index (χ1v) is 5.27. The molecule has 1 aromatic rings. The number of carboxylic acids is 1. The Bertz CT molecular complexity index is 409. The van der Waals surface area contributed by atoms with E-state index in [0.29, 0.717) is 18.4 Å². The summed E-state index contributed by atoms with van der Waals surface area (Å²) in [5.41, 5.74) is -0.601. The molecule has 1 saturated carbocycles. The van der Waals surface area contributed by atoms with Crippen LogP contribution in [-0.2, 0) is 4.79 Å². The van der Waals surface area contributed by atoms with E-state index in [1.54, 1.807) is 12.1 Å². The second-order valence-corrected chi connectivity index (χ2v) is 4.31. The standard InChI is InChI=1S/C12H14O4/c13-9-4-1-3-8(7-9)10(14)12(11(15)16)5-2-6-12/h1,3-4,7,10,13-14H,2,5-6H2,(H,15,16). The summed E-state index contributed by atoms with van der Waals surface area (Å²) < 4.78 is 0. The molecule has 1 fully saturated rings. The van der Waals surface area contributed by atoms with Gasteiger partial charge in [0, 0.05) is 0 Å². The number of benzene rings is 1. The molecule has 0 aromatic heterocycles. The van der Waals surface area contributed by atoms with Crippen molar-refractivity contribution >= 4 is 5.97 Å². The van der Waals surface area contributed by atoms with Crippen LogP contribution in [0.25, 0.3) is 0 Å². The highest BCUT2D eigenvalue weighted by Gasteiger charge is 2.50. The summed E-state index contributed by atoms with van der Waals surface area (Å²) in [4.78, 5) is 11.2. The Labute approximate surface area is 93.2 Å². The smallest absolute Gasteiger partial charge is 0.312 e. The molecule has 16 heavy (non-hydrogen) atoms. The van der Waals surface area contributed by atoms with Crippen molar-refractivity contribution in [1.82, 2.24) is 0 Å². The third-order valence-electron chi connectivity index (χ3n) is 3.38. The summed E-state index contributed by atoms with van der Waals surface area (Å²) in [7, 11) is 0. The highest BCUT2D eigenvalue weighted by Crippen LogP contribution is 2.50. The predicted octanol–water partition coefficient (Wildman–Crippen LogP) is 1.68. The van der Waals surface area contributed by atoms with E-state index in [1.807, 2.05) is 0 Å². The fourth-order valence-corrected chi connectivity index (χ4v) is 2.18. The van der Waals surface area contributed by atoms with Crippen molar-refractivity contribution in [2.24, 2.45) is 5.41 Å². The second kappa shape index (κ2) is 3.79. The van der Waals surface area contributed by atoms with Gasteiger partial charge in [0.15, 0.2) is 0 Å². The number of phenols is 1. The maximum Gasteiger partial charge on any atom is 0.312 e. The van der Waals surface area contributed by atoms with Crippen LogP contribution in [0.3, 0.4) is 0 Å². The molecule has 3 N–H and O–H groups in total. The molecular weight excluding hydrogens is 208 g/mol. The number of phenolic OH excluding ortho intramolecular Hbond substituents is 1. The molecule has 0 bridgehead atoms. The van der Waals surface area contributed by atoms with E-state index in [2.05, 4.69) is 0 Å². The molecular formula is C12H14O4. The zero-order valence-electron chi connectivity index (χ0n) is 8.76. The molecule has 1 atom stereocenters. The van der Waals surface area contributed by atoms with Gasteiger partial charge in [-0.25, -0.2) is 0 Å². The molecule has 0 aliphatic heterocycles. The lowest BCUT2D eigenvalue weighted by Gasteiger charge is -2.41. The summed E-state index contributed by atoms with van der Waals surface area (Å²) in [5.74, 6) is -0.925. The fourth-order valence-electron chi connectivity index (χ4n) is 2.18. The van der Waals surface area contributed by atoms with Crippen molar-refractivity contribution in [3.05, 3.63) is 29.8 Å². The zero-order chi connectivity index (χ0) is 11.8. The minimum absolute atomic E-state index is 0.0383. The van der Waals surface area contributed by atoms with Crippen LogP contribution >= 0.6 is 0 Å². The summed E-state index contributed by atoms with van der Waals surface area (Å²) in [6.07, 6.45) is 0.742. The van der Waals surface area contributed by atoms with Gasteiger partial charge in [0.2, 0.25) is 0 Å². The van der Waals surface area contributed by atoms with Crippen LogP contribution in [-0.4, -0.2) is 21.3 Å². The second-order valence-electron chi connectivity index (χ2n) is 4.31. The molecule has 2 rings (SSSR count). The lowest BCUT2D eigenvalue weighted by Crippen LogP contribution is -2.43. The number of hydrogen-bond donors (Lipinski definition) is 3. The molecule has 86 valence electrons. The van der Waals surface area contributed by atoms with Gasteiger partial charge >= 0.3 is 5.97 Å². The highest BCUT2D eigenvalue weighted by molar-refractivity contribution is 5.77. The van der Waals surface area contributed by atoms with Crippen LogP contribution in [0.15, 0.2) is 24.3 Å². The number of rotatable bonds is 3. The van der Waals surface area contributed by atoms with Gasteiger partial charge in [0.1, 0.15) is 5.75 Å². The van der Waals surface area contributed by atoms with E-state index in [4.69, 9.17) is 5.11 Å². The van der Waals surface area contributed by atoms with Gasteiger partial charge in [0.25, 0.3) is 0 Å². The van der Waals surface area contributed by atoms with Crippen molar-refractivity contribution in [2.75, 3.05) is 0 Å². The first-order valence-electron chi connectivity index (χ1n) is 5.27. The van der Waals surface area contributed by atoms with E-state index in [0.717, 1.165) is 6.42 Å². The monoisotopic (exact) mass is 222 g/mol. The molecule has 1 aliphatic carbocycles. The van der Waals surface area contributed by atoms with Crippen molar-refractivity contribution in [3.8, 4) is 5.75 Å². The maximum absolute atomic E-state index is 11.2. The molecule has 0 amide bonds. The van der Waals surface area contributed by atoms with Crippen LogP contribution in [0.5, 0.6) is 5.75 Å². The Balaban J connectivity index is 2.30. The number of carboxylic acid groups (broad SMARTS) is 1. The van der Waals surface area contributed by atoms with Crippen molar-refractivity contribution in [2.45, 2.75) is 25.4 Å². The zero-order valence-corrected chi connectivity index (χ0v) is 8.76. The lowest BCUT2D eigenvalue weighted by molar-refractivity contribution is -0.166. The fraction of sp³-hybridized carbons (Fsp3) is 0.417. The van der Waals surface area contributed by atoms with Crippen LogP contribution in [0.2, 0.25) is 0 Å². The Kier molecular flexibility index (Phi) is 2.59. The summed E-state index contributed by atoms with van der Waals surface area (Å²) >= 11 is 0. The minimum atomic E-state index is -1.06. The number of aliphatic hydroxyl groups excluding tert-OH is 1. The maximum atomic E-state index is 11.2. The average Bonchev–Trinajstić information content (AvgIpc) is 2.15. The van der Waals surface area contributed by atoms with E-state index < -0.39 is 17.5 Å². The Morgan fingerprint density at radius 3 is 2.50 bits per heavy atom. The van der Waals surface area contributed by atoms with Crippen LogP contribution in [0.4, 0.5) is 0 Å². The molecule has 1 aliphatic rings. The number of aliphatic carboxylic acids is 1. The highest BCUT2D eigenvalue weighted by atomic mass is 16.4. The van der Waals surface area contributed by atoms with Crippen molar-refractivity contribution in [3.63, 3.8) is 0 Å². The van der Waals surface area contributed by atoms with Crippen LogP contribution < -0.4 is 0 Å². The number of carbonyl (C=O) groups is 1. The van der Waals surface area contributed by atoms with Gasteiger partial charge in [-0.15, -0.1) is 0 Å². The average molecular weight is 222 g/mol. The predicted molar refractivity (Wildman–Crippen MR) is 57.0 cm³/mol. The first-order chi connectivity index (χ1) is 7.56. The topological polar surface area (TPSA) is 77.8 Å². The van der Waals surface area contributed by atoms with Gasteiger partial charge in [0.05, 0.1) is 11.5 Å². The molecule has 0 heterocycles. The largest absolute Gasteiger partial charge is 0.508 e. The summed E-state index contributed by atoms with van der Waals surface area (Å²) in [6.45, 7) is 0. The Morgan fingerprint density at radius 1 is 1.38 bits per heavy atom. The molecule has 0 radical (unpaired) electrons. The summed E-state index contributed by atoms with van der Waals surface area (Å²) in [5, 5.41) is 28.6. The minimum Gasteiger partial charge on any atom is -0.508 e. The van der Waals surface area contributed by atoms with Gasteiger partial charge in [-0.05, 0) is 30.5 Å². The third kappa shape index (κ3) is 1.55. The number of aliphatic hydroxyl groups is 1. The molecule has 1 unspecified atom stereocenters. The number of hydrogen-bond acceptors (Lipinski definition) is 3. The summed E-state index contributed by atoms with van der Waals surface area (Å²) in [6, 6.07) is 6.13. The van der Waals surface area contributed by atoms with E-state index in [-0.39, 0.29) is 5.75 Å². The van der Waals surface area contributed by atoms with E-state index >= 15 is 0 Å². The third-order valence-corrected chi connectivity index (χ3v) is 3.38. The molecule has 0 spiro atoms. The van der Waals surface area contributed by atoms with Crippen LogP contribution in [0.1, 0.15) is 30.9 Å². The van der Waals surface area contributed by atoms with Gasteiger partial charge in [-0.2, -0.15) is 0 Å². The molecule has 1 aromatic carbocycles. The van der Waals surface area contributed by atoms with Gasteiger partial charge in [-0.1, -0.05) is 18.6 Å². The quantitative estimate of drug-likeness (QED) is 0.727. The lowest BCUT2D eigenvalue weighted by atomic mass is 9.63. The normalized spacial score (nSPS) is 19.8. The van der Waals surface area contributed by atoms with E-state index in [9.17, 15) is 15.0 Å². The van der Waals surface area contributed by atoms with Gasteiger partial charge < -0.3 is 15.3 Å². The molecule has 4 heteroatoms. The van der Waals surface area contributed by atoms with Crippen LogP contribution in [0, 0.1) is 5.41 Å². The Morgan fingerprint density at radius 2 is 2.06 bits per heavy atom. The first kappa shape index (κ1) is 11.0. The van der Waals surface area contributed by atoms with Gasteiger partial charge in [-0.3, -0.25) is 4.79 Å².